The number of nitrogens with zero attached hydrogens (tertiary/aromatic N) is 2. The molecule has 6 nitrogen and oxygen atoms in total. The molecule has 27 heavy (non-hydrogen) atoms. The van der Waals surface area contributed by atoms with Gasteiger partial charge >= 0.3 is 12.1 Å². The van der Waals surface area contributed by atoms with Crippen LogP contribution in [-0.4, -0.2) is 34.3 Å². The largest absolute Gasteiger partial charge is 0.465 e. The molecule has 0 saturated heterocycles. The van der Waals surface area contributed by atoms with Gasteiger partial charge in [-0.3, -0.25) is 4.98 Å². The number of fused-ring (bicyclic) bond motifs is 1. The van der Waals surface area contributed by atoms with E-state index in [-0.39, 0.29) is 5.56 Å². The van der Waals surface area contributed by atoms with Gasteiger partial charge in [0.25, 0.3) is 0 Å². The number of methoxy groups -OCH3 is 1. The van der Waals surface area contributed by atoms with Crippen molar-refractivity contribution < 1.29 is 19.1 Å². The molecule has 0 spiro atoms. The minimum atomic E-state index is -0.688. The Hall–Kier alpha value is -2.86. The summed E-state index contributed by atoms with van der Waals surface area (Å²) in [5.41, 5.74) is 0.904. The molecule has 3 rings (SSSR count). The maximum Gasteiger partial charge on any atom is 0.419 e. The van der Waals surface area contributed by atoms with Crippen molar-refractivity contribution in [3.05, 3.63) is 53.2 Å². The highest BCUT2D eigenvalue weighted by molar-refractivity contribution is 6.31. The summed E-state index contributed by atoms with van der Waals surface area (Å²) in [6.07, 6.45) is 0.975. The topological polar surface area (TPSA) is 70.4 Å². The van der Waals surface area contributed by atoms with Crippen LogP contribution in [0.1, 0.15) is 31.1 Å². The second kappa shape index (κ2) is 7.04. The zero-order valence-corrected chi connectivity index (χ0v) is 16.2. The van der Waals surface area contributed by atoms with Gasteiger partial charge in [0.15, 0.2) is 0 Å². The normalized spacial score (nSPS) is 11.4. The summed E-state index contributed by atoms with van der Waals surface area (Å²) in [7, 11) is 1.29. The molecule has 0 atom stereocenters. The van der Waals surface area contributed by atoms with Crippen molar-refractivity contribution in [1.29, 1.82) is 0 Å². The van der Waals surface area contributed by atoms with E-state index in [1.165, 1.54) is 11.7 Å². The molecule has 140 valence electrons. The first kappa shape index (κ1) is 18.9. The Labute approximate surface area is 161 Å². The first-order valence-corrected chi connectivity index (χ1v) is 8.67. The zero-order valence-electron chi connectivity index (χ0n) is 15.4. The monoisotopic (exact) mass is 386 g/mol. The molecule has 0 aliphatic carbocycles. The number of pyridine rings is 1. The van der Waals surface area contributed by atoms with Gasteiger partial charge in [-0.2, -0.15) is 0 Å². The van der Waals surface area contributed by atoms with Crippen molar-refractivity contribution >= 4 is 34.6 Å². The number of rotatable bonds is 2. The lowest BCUT2D eigenvalue weighted by Gasteiger charge is -2.21. The molecule has 2 heterocycles. The van der Waals surface area contributed by atoms with Crippen LogP contribution in [0.25, 0.3) is 22.3 Å². The van der Waals surface area contributed by atoms with E-state index in [2.05, 4.69) is 4.98 Å². The molecule has 0 N–H and O–H groups in total. The predicted octanol–water partition coefficient (Wildman–Crippen LogP) is 4.93. The highest BCUT2D eigenvalue weighted by atomic mass is 35.5. The number of benzene rings is 1. The Bertz CT molecular complexity index is 1030. The van der Waals surface area contributed by atoms with Crippen LogP contribution in [0.2, 0.25) is 5.02 Å². The molecule has 7 heteroatoms. The second-order valence-corrected chi connectivity index (χ2v) is 7.38. The summed E-state index contributed by atoms with van der Waals surface area (Å²) >= 11 is 6.10. The van der Waals surface area contributed by atoms with E-state index < -0.39 is 17.7 Å². The van der Waals surface area contributed by atoms with Crippen molar-refractivity contribution in [1.82, 2.24) is 9.55 Å². The summed E-state index contributed by atoms with van der Waals surface area (Å²) < 4.78 is 11.8. The third kappa shape index (κ3) is 3.80. The molecule has 0 radical (unpaired) electrons. The molecule has 0 unspecified atom stereocenters. The van der Waals surface area contributed by atoms with E-state index in [0.717, 1.165) is 5.39 Å². The average Bonchev–Trinajstić information content (AvgIpc) is 2.98. The molecular formula is C20H19ClN2O4. The van der Waals surface area contributed by atoms with Gasteiger partial charge in [0.05, 0.1) is 23.9 Å². The van der Waals surface area contributed by atoms with Gasteiger partial charge in [0, 0.05) is 16.6 Å². The van der Waals surface area contributed by atoms with Crippen molar-refractivity contribution in [3.63, 3.8) is 0 Å². The Morgan fingerprint density at radius 3 is 2.56 bits per heavy atom. The lowest BCUT2D eigenvalue weighted by Crippen LogP contribution is -2.27. The number of halogens is 1. The average molecular weight is 387 g/mol. The third-order valence-corrected chi connectivity index (χ3v) is 4.03. The van der Waals surface area contributed by atoms with Crippen molar-refractivity contribution in [2.45, 2.75) is 26.4 Å². The summed E-state index contributed by atoms with van der Waals surface area (Å²) in [6.45, 7) is 5.36. The molecule has 2 aromatic heterocycles. The highest BCUT2D eigenvalue weighted by Gasteiger charge is 2.26. The van der Waals surface area contributed by atoms with Crippen molar-refractivity contribution in [3.8, 4) is 11.4 Å². The van der Waals surface area contributed by atoms with Crippen molar-refractivity contribution in [2.75, 3.05) is 7.11 Å². The van der Waals surface area contributed by atoms with E-state index in [4.69, 9.17) is 21.1 Å². The Morgan fingerprint density at radius 1 is 1.15 bits per heavy atom. The molecule has 0 aliphatic heterocycles. The lowest BCUT2D eigenvalue weighted by atomic mass is 10.1. The number of carbonyl (C=O) groups excluding carboxylic acids is 2. The van der Waals surface area contributed by atoms with Crippen LogP contribution in [0.5, 0.6) is 0 Å². The number of aromatic nitrogens is 2. The van der Waals surface area contributed by atoms with Crippen LogP contribution < -0.4 is 0 Å². The van der Waals surface area contributed by atoms with Gasteiger partial charge in [-0.15, -0.1) is 0 Å². The van der Waals surface area contributed by atoms with Gasteiger partial charge in [-0.25, -0.2) is 14.2 Å². The van der Waals surface area contributed by atoms with Crippen LogP contribution in [0.15, 0.2) is 42.6 Å². The van der Waals surface area contributed by atoms with Crippen LogP contribution in [0.3, 0.4) is 0 Å². The summed E-state index contributed by atoms with van der Waals surface area (Å²) in [5.74, 6) is -0.544. The quantitative estimate of drug-likeness (QED) is 0.584. The first-order valence-electron chi connectivity index (χ1n) is 8.29. The number of hydrogen-bond acceptors (Lipinski definition) is 5. The van der Waals surface area contributed by atoms with E-state index in [1.807, 2.05) is 0 Å². The van der Waals surface area contributed by atoms with E-state index in [1.54, 1.807) is 63.4 Å². The smallest absolute Gasteiger partial charge is 0.419 e. The first-order chi connectivity index (χ1) is 12.7. The van der Waals surface area contributed by atoms with Gasteiger partial charge in [0.1, 0.15) is 11.3 Å². The maximum atomic E-state index is 12.9. The SMILES string of the molecule is COC(=O)c1cccnc1-c1cc2cc(Cl)ccc2n1C(=O)OC(C)(C)C. The second-order valence-electron chi connectivity index (χ2n) is 6.94. The fourth-order valence-electron chi connectivity index (χ4n) is 2.75. The van der Waals surface area contributed by atoms with Crippen LogP contribution in [0.4, 0.5) is 4.79 Å². The molecule has 0 fully saturated rings. The standard InChI is InChI=1S/C20H19ClN2O4/c1-20(2,3)27-19(25)23-15-8-7-13(21)10-12(15)11-16(23)17-14(18(24)26-4)6-5-9-22-17/h5-11H,1-4H3. The number of hydrogen-bond donors (Lipinski definition) is 0. The Kier molecular flexibility index (Phi) is 4.93. The summed E-state index contributed by atoms with van der Waals surface area (Å²) in [4.78, 5) is 29.4. The van der Waals surface area contributed by atoms with E-state index >= 15 is 0 Å². The zero-order chi connectivity index (χ0) is 19.8. The Balaban J connectivity index is 2.29. The molecule has 1 aromatic carbocycles. The minimum Gasteiger partial charge on any atom is -0.465 e. The van der Waals surface area contributed by atoms with Crippen LogP contribution in [0, 0.1) is 0 Å². The van der Waals surface area contributed by atoms with Gasteiger partial charge < -0.3 is 9.47 Å². The molecule has 0 saturated carbocycles. The number of ether oxygens (including phenoxy) is 2. The molecule has 0 bridgehead atoms. The fraction of sp³-hybridized carbons (Fsp3) is 0.250. The van der Waals surface area contributed by atoms with Gasteiger partial charge in [-0.05, 0) is 57.2 Å². The van der Waals surface area contributed by atoms with Crippen LogP contribution >= 0.6 is 11.6 Å². The lowest BCUT2D eigenvalue weighted by molar-refractivity contribution is 0.0543. The van der Waals surface area contributed by atoms with Gasteiger partial charge in [-0.1, -0.05) is 11.6 Å². The molecule has 0 amide bonds. The number of carbonyl (C=O) groups is 2. The van der Waals surface area contributed by atoms with Crippen molar-refractivity contribution in [2.24, 2.45) is 0 Å². The molecule has 0 aliphatic rings. The fourth-order valence-corrected chi connectivity index (χ4v) is 2.93. The summed E-state index contributed by atoms with van der Waals surface area (Å²) in [5, 5.41) is 1.26. The minimum absolute atomic E-state index is 0.249. The van der Waals surface area contributed by atoms with E-state index in [9.17, 15) is 9.59 Å². The highest BCUT2D eigenvalue weighted by Crippen LogP contribution is 2.32. The third-order valence-electron chi connectivity index (χ3n) is 3.80. The maximum absolute atomic E-state index is 12.9. The molecular weight excluding hydrogens is 368 g/mol. The predicted molar refractivity (Wildman–Crippen MR) is 103 cm³/mol. The van der Waals surface area contributed by atoms with Crippen LogP contribution in [-0.2, 0) is 9.47 Å². The molecule has 3 aromatic rings. The van der Waals surface area contributed by atoms with E-state index in [0.29, 0.717) is 21.9 Å². The Morgan fingerprint density at radius 2 is 1.89 bits per heavy atom. The number of esters is 1. The van der Waals surface area contributed by atoms with Gasteiger partial charge in [0.2, 0.25) is 0 Å². The summed E-state index contributed by atoms with van der Waals surface area (Å²) in [6, 6.07) is 10.1.